The molecule has 4 aromatic carbocycles. The Morgan fingerprint density at radius 2 is 1.68 bits per heavy atom. The van der Waals surface area contributed by atoms with E-state index in [4.69, 9.17) is 4.74 Å². The number of fused-ring (bicyclic) bond motifs is 2. The fraction of sp³-hybridized carbons (Fsp3) is 0.250. The van der Waals surface area contributed by atoms with Gasteiger partial charge in [0.2, 0.25) is 0 Å². The molecule has 1 atom stereocenters. The SMILES string of the molecule is O=C(Nc1ccc(N2CCc3ccccc3C2)c(C(=O)NCC2CCCO2)c1)c1ccc2ccccc2c1. The largest absolute Gasteiger partial charge is 0.376 e. The number of nitrogens with zero attached hydrogens (tertiary/aromatic N) is 1. The number of carbonyl (C=O) groups is 2. The summed E-state index contributed by atoms with van der Waals surface area (Å²) in [4.78, 5) is 28.8. The summed E-state index contributed by atoms with van der Waals surface area (Å²) in [6, 6.07) is 27.7. The molecule has 0 aromatic heterocycles. The van der Waals surface area contributed by atoms with Gasteiger partial charge in [0, 0.05) is 43.2 Å². The number of amides is 2. The van der Waals surface area contributed by atoms with E-state index in [1.807, 2.05) is 54.6 Å². The molecule has 0 aliphatic carbocycles. The van der Waals surface area contributed by atoms with E-state index >= 15 is 0 Å². The highest BCUT2D eigenvalue weighted by molar-refractivity contribution is 6.08. The van der Waals surface area contributed by atoms with Crippen LogP contribution in [-0.4, -0.2) is 37.6 Å². The van der Waals surface area contributed by atoms with E-state index in [-0.39, 0.29) is 17.9 Å². The lowest BCUT2D eigenvalue weighted by molar-refractivity contribution is 0.0858. The molecule has 0 saturated carbocycles. The summed E-state index contributed by atoms with van der Waals surface area (Å²) in [5.74, 6) is -0.364. The van der Waals surface area contributed by atoms with Crippen molar-refractivity contribution in [3.63, 3.8) is 0 Å². The second-order valence-electron chi connectivity index (χ2n) is 10.0. The zero-order chi connectivity index (χ0) is 25.9. The highest BCUT2D eigenvalue weighted by Gasteiger charge is 2.23. The van der Waals surface area contributed by atoms with E-state index in [0.29, 0.717) is 23.4 Å². The van der Waals surface area contributed by atoms with Crippen LogP contribution in [0.5, 0.6) is 0 Å². The zero-order valence-electron chi connectivity index (χ0n) is 21.3. The Morgan fingerprint density at radius 1 is 0.868 bits per heavy atom. The van der Waals surface area contributed by atoms with Gasteiger partial charge in [0.15, 0.2) is 0 Å². The molecule has 1 fully saturated rings. The molecule has 2 aliphatic rings. The molecule has 1 unspecified atom stereocenters. The first-order valence-electron chi connectivity index (χ1n) is 13.3. The molecule has 0 bridgehead atoms. The molecule has 2 heterocycles. The van der Waals surface area contributed by atoms with Crippen molar-refractivity contribution in [2.24, 2.45) is 0 Å². The molecule has 6 nitrogen and oxygen atoms in total. The van der Waals surface area contributed by atoms with Crippen LogP contribution in [0, 0.1) is 0 Å². The van der Waals surface area contributed by atoms with Gasteiger partial charge in [-0.15, -0.1) is 0 Å². The summed E-state index contributed by atoms with van der Waals surface area (Å²) < 4.78 is 5.70. The zero-order valence-corrected chi connectivity index (χ0v) is 21.3. The Hall–Kier alpha value is -4.16. The number of rotatable bonds is 6. The fourth-order valence-electron chi connectivity index (χ4n) is 5.41. The van der Waals surface area contributed by atoms with Gasteiger partial charge in [-0.25, -0.2) is 0 Å². The summed E-state index contributed by atoms with van der Waals surface area (Å²) in [6.07, 6.45) is 2.96. The van der Waals surface area contributed by atoms with Crippen LogP contribution in [0.2, 0.25) is 0 Å². The summed E-state index contributed by atoms with van der Waals surface area (Å²) >= 11 is 0. The average Bonchev–Trinajstić information content (AvgIpc) is 3.49. The van der Waals surface area contributed by atoms with Crippen molar-refractivity contribution in [1.29, 1.82) is 0 Å². The third kappa shape index (κ3) is 5.13. The molecule has 2 aliphatic heterocycles. The molecule has 0 radical (unpaired) electrons. The molecule has 1 saturated heterocycles. The Kier molecular flexibility index (Phi) is 6.80. The lowest BCUT2D eigenvalue weighted by Crippen LogP contribution is -2.35. The van der Waals surface area contributed by atoms with E-state index in [1.165, 1.54) is 11.1 Å². The van der Waals surface area contributed by atoms with Crippen LogP contribution in [0.3, 0.4) is 0 Å². The topological polar surface area (TPSA) is 70.7 Å². The van der Waals surface area contributed by atoms with Crippen molar-refractivity contribution in [3.05, 3.63) is 107 Å². The molecule has 2 amide bonds. The van der Waals surface area contributed by atoms with Crippen molar-refractivity contribution in [2.45, 2.75) is 31.9 Å². The van der Waals surface area contributed by atoms with Gasteiger partial charge in [0.05, 0.1) is 11.7 Å². The summed E-state index contributed by atoms with van der Waals surface area (Å²) in [5.41, 5.74) is 5.22. The summed E-state index contributed by atoms with van der Waals surface area (Å²) in [6.45, 7) is 2.79. The lowest BCUT2D eigenvalue weighted by Gasteiger charge is -2.32. The maximum absolute atomic E-state index is 13.5. The second kappa shape index (κ2) is 10.7. The summed E-state index contributed by atoms with van der Waals surface area (Å²) in [5, 5.41) is 8.16. The molecule has 6 rings (SSSR count). The number of ether oxygens (including phenoxy) is 1. The first-order valence-corrected chi connectivity index (χ1v) is 13.3. The van der Waals surface area contributed by atoms with Crippen LogP contribution in [-0.2, 0) is 17.7 Å². The average molecular weight is 506 g/mol. The van der Waals surface area contributed by atoms with Crippen molar-refractivity contribution >= 4 is 34.0 Å². The van der Waals surface area contributed by atoms with Crippen molar-refractivity contribution in [1.82, 2.24) is 5.32 Å². The molecule has 192 valence electrons. The minimum atomic E-state index is -0.207. The van der Waals surface area contributed by atoms with Crippen LogP contribution < -0.4 is 15.5 Å². The third-order valence-corrected chi connectivity index (χ3v) is 7.50. The normalized spacial score (nSPS) is 16.7. The third-order valence-electron chi connectivity index (χ3n) is 7.50. The van der Waals surface area contributed by atoms with E-state index in [1.54, 1.807) is 6.07 Å². The first kappa shape index (κ1) is 24.2. The predicted molar refractivity (Wildman–Crippen MR) is 151 cm³/mol. The minimum Gasteiger partial charge on any atom is -0.376 e. The first-order chi connectivity index (χ1) is 18.6. The monoisotopic (exact) mass is 505 g/mol. The lowest BCUT2D eigenvalue weighted by atomic mass is 9.98. The van der Waals surface area contributed by atoms with E-state index < -0.39 is 0 Å². The Bertz CT molecular complexity index is 1490. The number of nitrogens with one attached hydrogen (secondary N) is 2. The minimum absolute atomic E-state index is 0.0556. The number of anilines is 2. The Morgan fingerprint density at radius 3 is 2.53 bits per heavy atom. The van der Waals surface area contributed by atoms with Crippen molar-refractivity contribution < 1.29 is 14.3 Å². The van der Waals surface area contributed by atoms with Crippen molar-refractivity contribution in [3.8, 4) is 0 Å². The molecule has 0 spiro atoms. The van der Waals surface area contributed by atoms with Crippen LogP contribution in [0.25, 0.3) is 10.8 Å². The maximum atomic E-state index is 13.5. The van der Waals surface area contributed by atoms with E-state index in [9.17, 15) is 9.59 Å². The molecule has 38 heavy (non-hydrogen) atoms. The van der Waals surface area contributed by atoms with E-state index in [2.05, 4.69) is 39.8 Å². The second-order valence-corrected chi connectivity index (χ2v) is 10.0. The van der Waals surface area contributed by atoms with Crippen LogP contribution in [0.15, 0.2) is 84.9 Å². The number of hydrogen-bond donors (Lipinski definition) is 2. The predicted octanol–water partition coefficient (Wildman–Crippen LogP) is 5.56. The molecule has 6 heteroatoms. The summed E-state index contributed by atoms with van der Waals surface area (Å²) in [7, 11) is 0. The van der Waals surface area contributed by atoms with Gasteiger partial charge in [-0.3, -0.25) is 9.59 Å². The highest BCUT2D eigenvalue weighted by atomic mass is 16.5. The van der Waals surface area contributed by atoms with Crippen LogP contribution >= 0.6 is 0 Å². The molecular weight excluding hydrogens is 474 g/mol. The smallest absolute Gasteiger partial charge is 0.255 e. The highest BCUT2D eigenvalue weighted by Crippen LogP contribution is 2.30. The van der Waals surface area contributed by atoms with Gasteiger partial charge in [0.25, 0.3) is 11.8 Å². The fourth-order valence-corrected chi connectivity index (χ4v) is 5.41. The van der Waals surface area contributed by atoms with Gasteiger partial charge in [0.1, 0.15) is 0 Å². The van der Waals surface area contributed by atoms with Gasteiger partial charge in [-0.1, -0.05) is 54.6 Å². The Balaban J connectivity index is 1.26. The van der Waals surface area contributed by atoms with Crippen LogP contribution in [0.4, 0.5) is 11.4 Å². The molecule has 2 N–H and O–H groups in total. The number of carbonyl (C=O) groups excluding carboxylic acids is 2. The molecular formula is C32H31N3O3. The van der Waals surface area contributed by atoms with Gasteiger partial charge in [-0.2, -0.15) is 0 Å². The van der Waals surface area contributed by atoms with Crippen LogP contribution in [0.1, 0.15) is 44.7 Å². The Labute approximate surface area is 222 Å². The standard InChI is InChI=1S/C32H31N3O3/c36-31(25-12-11-22-6-1-3-8-24(22)18-25)34-27-13-14-30(35-16-15-23-7-2-4-9-26(23)21-35)29(19-27)32(37)33-20-28-10-5-17-38-28/h1-4,6-9,11-14,18-19,28H,5,10,15-17,20-21H2,(H,33,37)(H,34,36). The number of benzene rings is 4. The number of hydrogen-bond acceptors (Lipinski definition) is 4. The molecule has 4 aromatic rings. The quantitative estimate of drug-likeness (QED) is 0.360. The van der Waals surface area contributed by atoms with Crippen molar-refractivity contribution in [2.75, 3.05) is 29.9 Å². The van der Waals surface area contributed by atoms with Gasteiger partial charge in [-0.05, 0) is 71.5 Å². The maximum Gasteiger partial charge on any atom is 0.255 e. The van der Waals surface area contributed by atoms with E-state index in [0.717, 1.165) is 55.4 Å². The van der Waals surface area contributed by atoms with Gasteiger partial charge < -0.3 is 20.3 Å². The van der Waals surface area contributed by atoms with Gasteiger partial charge >= 0.3 is 0 Å².